The molecule has 1 heterocycles. The number of halogens is 1. The zero-order chi connectivity index (χ0) is 14.4. The van der Waals surface area contributed by atoms with Gasteiger partial charge in [0, 0.05) is 19.7 Å². The number of para-hydroxylation sites is 1. The van der Waals surface area contributed by atoms with Crippen molar-refractivity contribution in [1.82, 2.24) is 9.97 Å². The van der Waals surface area contributed by atoms with Gasteiger partial charge in [0.25, 0.3) is 0 Å². The van der Waals surface area contributed by atoms with Crippen LogP contribution in [0.1, 0.15) is 19.8 Å². The maximum Gasteiger partial charge on any atom is 0.146 e. The molecule has 0 spiro atoms. The predicted molar refractivity (Wildman–Crippen MR) is 79.9 cm³/mol. The first-order valence-corrected chi connectivity index (χ1v) is 6.75. The number of nitrogens with one attached hydrogen (secondary N) is 1. The van der Waals surface area contributed by atoms with Crippen LogP contribution in [0.4, 0.5) is 21.7 Å². The molecule has 0 aliphatic rings. The largest absolute Gasteiger partial charge is 0.360 e. The Morgan fingerprint density at radius 1 is 1.25 bits per heavy atom. The Balaban J connectivity index is 2.12. The maximum atomic E-state index is 13.6. The van der Waals surface area contributed by atoms with Crippen LogP contribution in [0.15, 0.2) is 36.7 Å². The number of nitrogens with zero attached hydrogens (tertiary/aromatic N) is 3. The quantitative estimate of drug-likeness (QED) is 0.874. The molecule has 2 aromatic rings. The summed E-state index contributed by atoms with van der Waals surface area (Å²) in [4.78, 5) is 10.4. The second-order valence-electron chi connectivity index (χ2n) is 4.64. The molecule has 0 aliphatic heterocycles. The fourth-order valence-corrected chi connectivity index (χ4v) is 1.83. The highest BCUT2D eigenvalue weighted by Crippen LogP contribution is 2.20. The molecule has 106 valence electrons. The van der Waals surface area contributed by atoms with E-state index in [1.165, 1.54) is 12.4 Å². The van der Waals surface area contributed by atoms with Crippen LogP contribution in [0.2, 0.25) is 0 Å². The summed E-state index contributed by atoms with van der Waals surface area (Å²) in [7, 11) is 1.99. The number of benzene rings is 1. The van der Waals surface area contributed by atoms with Gasteiger partial charge in [0.15, 0.2) is 0 Å². The molecule has 2 rings (SSSR count). The van der Waals surface area contributed by atoms with Crippen molar-refractivity contribution >= 4 is 17.3 Å². The van der Waals surface area contributed by atoms with Crippen LogP contribution in [0.25, 0.3) is 0 Å². The third-order valence-electron chi connectivity index (χ3n) is 3.03. The number of hydrogen-bond donors (Lipinski definition) is 1. The lowest BCUT2D eigenvalue weighted by Crippen LogP contribution is -2.19. The first kappa shape index (κ1) is 14.2. The van der Waals surface area contributed by atoms with E-state index in [4.69, 9.17) is 0 Å². The summed E-state index contributed by atoms with van der Waals surface area (Å²) in [6, 6.07) is 8.35. The van der Waals surface area contributed by atoms with E-state index < -0.39 is 0 Å². The average Bonchev–Trinajstić information content (AvgIpc) is 2.47. The van der Waals surface area contributed by atoms with Crippen LogP contribution in [0, 0.1) is 5.82 Å². The van der Waals surface area contributed by atoms with Crippen molar-refractivity contribution in [2.75, 3.05) is 23.8 Å². The topological polar surface area (TPSA) is 41.0 Å². The molecular weight excluding hydrogens is 255 g/mol. The van der Waals surface area contributed by atoms with Gasteiger partial charge in [0.2, 0.25) is 0 Å². The molecule has 0 atom stereocenters. The molecule has 0 radical (unpaired) electrons. The fourth-order valence-electron chi connectivity index (χ4n) is 1.83. The number of anilines is 3. The molecule has 0 unspecified atom stereocenters. The van der Waals surface area contributed by atoms with Crippen molar-refractivity contribution in [3.8, 4) is 0 Å². The Morgan fingerprint density at radius 2 is 2.05 bits per heavy atom. The minimum atomic E-state index is -0.299. The first-order chi connectivity index (χ1) is 9.70. The van der Waals surface area contributed by atoms with Gasteiger partial charge < -0.3 is 10.2 Å². The van der Waals surface area contributed by atoms with Gasteiger partial charge in [-0.05, 0) is 18.6 Å². The molecular formula is C15H19FN4. The molecule has 0 saturated heterocycles. The van der Waals surface area contributed by atoms with Crippen LogP contribution in [0.3, 0.4) is 0 Å². The van der Waals surface area contributed by atoms with E-state index in [1.54, 1.807) is 18.2 Å². The summed E-state index contributed by atoms with van der Waals surface area (Å²) in [5, 5.41) is 2.97. The summed E-state index contributed by atoms with van der Waals surface area (Å²) in [6.07, 6.45) is 3.73. The Morgan fingerprint density at radius 3 is 2.80 bits per heavy atom. The van der Waals surface area contributed by atoms with Crippen LogP contribution in [-0.2, 0) is 0 Å². The molecule has 0 saturated carbocycles. The van der Waals surface area contributed by atoms with Crippen LogP contribution < -0.4 is 10.2 Å². The summed E-state index contributed by atoms with van der Waals surface area (Å²) in [5.41, 5.74) is 0.411. The third-order valence-corrected chi connectivity index (χ3v) is 3.03. The molecule has 0 bridgehead atoms. The zero-order valence-electron chi connectivity index (χ0n) is 11.8. The van der Waals surface area contributed by atoms with Crippen molar-refractivity contribution in [3.63, 3.8) is 0 Å². The summed E-state index contributed by atoms with van der Waals surface area (Å²) >= 11 is 0. The highest BCUT2D eigenvalue weighted by molar-refractivity contribution is 5.59. The standard InChI is InChI=1S/C15H19FN4/c1-3-4-9-20(2)15-10-14(17-11-18-15)19-13-8-6-5-7-12(13)16/h5-8,10-11H,3-4,9H2,1-2H3,(H,17,18,19). The maximum absolute atomic E-state index is 13.6. The first-order valence-electron chi connectivity index (χ1n) is 6.75. The molecule has 1 aromatic heterocycles. The molecule has 0 fully saturated rings. The van der Waals surface area contributed by atoms with Crippen molar-refractivity contribution in [2.24, 2.45) is 0 Å². The van der Waals surface area contributed by atoms with Gasteiger partial charge in [0.1, 0.15) is 23.8 Å². The van der Waals surface area contributed by atoms with Gasteiger partial charge in [-0.25, -0.2) is 14.4 Å². The van der Waals surface area contributed by atoms with E-state index in [0.29, 0.717) is 11.5 Å². The van der Waals surface area contributed by atoms with Crippen molar-refractivity contribution in [3.05, 3.63) is 42.5 Å². The smallest absolute Gasteiger partial charge is 0.146 e. The molecule has 0 aliphatic carbocycles. The highest BCUT2D eigenvalue weighted by atomic mass is 19.1. The van der Waals surface area contributed by atoms with Crippen molar-refractivity contribution in [1.29, 1.82) is 0 Å². The zero-order valence-corrected chi connectivity index (χ0v) is 11.8. The van der Waals surface area contributed by atoms with E-state index in [0.717, 1.165) is 25.2 Å². The number of unbranched alkanes of at least 4 members (excludes halogenated alkanes) is 1. The van der Waals surface area contributed by atoms with Gasteiger partial charge in [-0.3, -0.25) is 0 Å². The summed E-state index contributed by atoms with van der Waals surface area (Å²) in [5.74, 6) is 1.11. The minimum Gasteiger partial charge on any atom is -0.360 e. The SMILES string of the molecule is CCCCN(C)c1cc(Nc2ccccc2F)ncn1. The van der Waals surface area contributed by atoms with E-state index in [-0.39, 0.29) is 5.82 Å². The second kappa shape index (κ2) is 6.84. The van der Waals surface area contributed by atoms with E-state index in [9.17, 15) is 4.39 Å². The molecule has 1 N–H and O–H groups in total. The lowest BCUT2D eigenvalue weighted by atomic mass is 10.3. The fraction of sp³-hybridized carbons (Fsp3) is 0.333. The van der Waals surface area contributed by atoms with Gasteiger partial charge in [-0.15, -0.1) is 0 Å². The molecule has 5 heteroatoms. The average molecular weight is 274 g/mol. The highest BCUT2D eigenvalue weighted by Gasteiger charge is 2.06. The summed E-state index contributed by atoms with van der Waals surface area (Å²) in [6.45, 7) is 3.09. The molecule has 4 nitrogen and oxygen atoms in total. The molecule has 20 heavy (non-hydrogen) atoms. The lowest BCUT2D eigenvalue weighted by molar-refractivity contribution is 0.632. The molecule has 0 amide bonds. The minimum absolute atomic E-state index is 0.299. The van der Waals surface area contributed by atoms with Crippen molar-refractivity contribution in [2.45, 2.75) is 19.8 Å². The Bertz CT molecular complexity index is 559. The summed E-state index contributed by atoms with van der Waals surface area (Å²) < 4.78 is 13.6. The Hall–Kier alpha value is -2.17. The lowest BCUT2D eigenvalue weighted by Gasteiger charge is -2.18. The normalized spacial score (nSPS) is 10.3. The van der Waals surface area contributed by atoms with E-state index in [1.807, 2.05) is 13.1 Å². The monoisotopic (exact) mass is 274 g/mol. The third kappa shape index (κ3) is 3.66. The van der Waals surface area contributed by atoms with Gasteiger partial charge in [-0.2, -0.15) is 0 Å². The Kier molecular flexibility index (Phi) is 4.87. The van der Waals surface area contributed by atoms with Crippen molar-refractivity contribution < 1.29 is 4.39 Å². The van der Waals surface area contributed by atoms with Gasteiger partial charge in [0.05, 0.1) is 5.69 Å². The van der Waals surface area contributed by atoms with Gasteiger partial charge >= 0.3 is 0 Å². The van der Waals surface area contributed by atoms with E-state index in [2.05, 4.69) is 27.1 Å². The van der Waals surface area contributed by atoms with Crippen LogP contribution in [0.5, 0.6) is 0 Å². The second-order valence-corrected chi connectivity index (χ2v) is 4.64. The Labute approximate surface area is 118 Å². The van der Waals surface area contributed by atoms with E-state index >= 15 is 0 Å². The van der Waals surface area contributed by atoms with Crippen LogP contribution in [-0.4, -0.2) is 23.6 Å². The number of hydrogen-bond acceptors (Lipinski definition) is 4. The van der Waals surface area contributed by atoms with Crippen LogP contribution >= 0.6 is 0 Å². The molecule has 1 aromatic carbocycles. The van der Waals surface area contributed by atoms with Gasteiger partial charge in [-0.1, -0.05) is 25.5 Å². The number of aromatic nitrogens is 2. The number of rotatable bonds is 6. The predicted octanol–water partition coefficient (Wildman–Crippen LogP) is 3.60.